The maximum Gasteiger partial charge on any atom is 0.261 e. The lowest BCUT2D eigenvalue weighted by Crippen LogP contribution is -2.41. The van der Waals surface area contributed by atoms with Crippen LogP contribution >= 0.6 is 0 Å². The molecule has 2 N–H and O–H groups in total. The molecule has 0 bridgehead atoms. The van der Waals surface area contributed by atoms with E-state index in [4.69, 9.17) is 0 Å². The molecular formula is C28H33N3O5S2. The van der Waals surface area contributed by atoms with Gasteiger partial charge in [0.15, 0.2) is 0 Å². The quantitative estimate of drug-likeness (QED) is 0.422. The molecule has 1 amide bonds. The Bertz CT molecular complexity index is 1530. The molecule has 38 heavy (non-hydrogen) atoms. The van der Waals surface area contributed by atoms with Crippen molar-refractivity contribution in [2.75, 3.05) is 23.1 Å². The van der Waals surface area contributed by atoms with Gasteiger partial charge in [0.1, 0.15) is 0 Å². The number of nitrogens with zero attached hydrogens (tertiary/aromatic N) is 1. The summed E-state index contributed by atoms with van der Waals surface area (Å²) < 4.78 is 55.4. The lowest BCUT2D eigenvalue weighted by Gasteiger charge is -2.30. The number of amides is 1. The molecule has 3 aromatic rings. The molecule has 1 aliphatic rings. The molecular weight excluding hydrogens is 522 g/mol. The van der Waals surface area contributed by atoms with Gasteiger partial charge in [-0.3, -0.25) is 9.52 Å². The van der Waals surface area contributed by atoms with Crippen LogP contribution in [-0.4, -0.2) is 40.1 Å². The van der Waals surface area contributed by atoms with Crippen molar-refractivity contribution >= 4 is 37.3 Å². The number of hydrogen-bond acceptors (Lipinski definition) is 5. The van der Waals surface area contributed by atoms with Crippen LogP contribution in [-0.2, 0) is 30.6 Å². The number of carbonyl (C=O) groups is 1. The van der Waals surface area contributed by atoms with Crippen LogP contribution < -0.4 is 10.0 Å². The molecule has 1 aliphatic heterocycles. The van der Waals surface area contributed by atoms with Gasteiger partial charge in [-0.2, -0.15) is 0 Å². The highest BCUT2D eigenvalue weighted by Crippen LogP contribution is 2.25. The van der Waals surface area contributed by atoms with E-state index in [9.17, 15) is 21.6 Å². The van der Waals surface area contributed by atoms with E-state index in [0.717, 1.165) is 22.3 Å². The molecule has 0 aliphatic carbocycles. The van der Waals surface area contributed by atoms with Gasteiger partial charge in [0.05, 0.1) is 16.3 Å². The van der Waals surface area contributed by atoms with E-state index >= 15 is 0 Å². The summed E-state index contributed by atoms with van der Waals surface area (Å²) in [6, 6.07) is 18.9. The summed E-state index contributed by atoms with van der Waals surface area (Å²) in [5.74, 6) is -0.584. The highest BCUT2D eigenvalue weighted by molar-refractivity contribution is 7.92. The molecule has 8 nitrogen and oxygen atoms in total. The predicted molar refractivity (Wildman–Crippen MR) is 150 cm³/mol. The molecule has 0 spiro atoms. The van der Waals surface area contributed by atoms with Gasteiger partial charge in [-0.1, -0.05) is 47.5 Å². The van der Waals surface area contributed by atoms with Gasteiger partial charge in [0, 0.05) is 24.7 Å². The topological polar surface area (TPSA) is 113 Å². The molecule has 0 radical (unpaired) electrons. The van der Waals surface area contributed by atoms with Crippen LogP contribution in [0.15, 0.2) is 71.6 Å². The molecule has 1 fully saturated rings. The van der Waals surface area contributed by atoms with Crippen LogP contribution in [0.5, 0.6) is 0 Å². The predicted octanol–water partition coefficient (Wildman–Crippen LogP) is 4.59. The highest BCUT2D eigenvalue weighted by atomic mass is 32.2. The molecule has 1 saturated heterocycles. The summed E-state index contributed by atoms with van der Waals surface area (Å²) in [7, 11) is -7.25. The van der Waals surface area contributed by atoms with Crippen molar-refractivity contribution in [1.82, 2.24) is 4.31 Å². The van der Waals surface area contributed by atoms with Crippen LogP contribution in [0.25, 0.3) is 0 Å². The van der Waals surface area contributed by atoms with E-state index in [1.54, 1.807) is 24.3 Å². The van der Waals surface area contributed by atoms with E-state index in [-0.39, 0.29) is 35.6 Å². The Morgan fingerprint density at radius 3 is 2.16 bits per heavy atom. The lowest BCUT2D eigenvalue weighted by atomic mass is 9.97. The zero-order chi connectivity index (χ0) is 27.5. The van der Waals surface area contributed by atoms with Crippen molar-refractivity contribution < 1.29 is 21.6 Å². The molecule has 0 atom stereocenters. The Balaban J connectivity index is 1.32. The van der Waals surface area contributed by atoms with Gasteiger partial charge in [-0.15, -0.1) is 0 Å². The molecule has 10 heteroatoms. The Kier molecular flexibility index (Phi) is 8.25. The minimum absolute atomic E-state index is 0.0564. The van der Waals surface area contributed by atoms with Crippen molar-refractivity contribution in [1.29, 1.82) is 0 Å². The van der Waals surface area contributed by atoms with Crippen LogP contribution in [0, 0.1) is 26.7 Å². The third-order valence-electron chi connectivity index (χ3n) is 6.71. The van der Waals surface area contributed by atoms with Crippen LogP contribution in [0.1, 0.15) is 35.1 Å². The Morgan fingerprint density at radius 2 is 1.53 bits per heavy atom. The second kappa shape index (κ2) is 11.3. The first-order valence-corrected chi connectivity index (χ1v) is 15.6. The number of carbonyl (C=O) groups excluding carboxylic acids is 1. The molecule has 3 aromatic carbocycles. The van der Waals surface area contributed by atoms with Gasteiger partial charge in [-0.05, 0) is 75.1 Å². The van der Waals surface area contributed by atoms with Crippen molar-refractivity contribution in [3.8, 4) is 0 Å². The first-order chi connectivity index (χ1) is 17.9. The first-order valence-electron chi connectivity index (χ1n) is 12.5. The smallest absolute Gasteiger partial charge is 0.261 e. The standard InChI is InChI=1S/C28H33N3O5S2/c1-20-5-4-6-23(18-20)19-37(33,34)31-15-13-24(14-16-31)28(32)29-25-8-10-26(11-9-25)38(35,36)30-27-12-7-21(2)17-22(27)3/h4-12,17-18,24,30H,13-16,19H2,1-3H3,(H,29,32). The van der Waals surface area contributed by atoms with Crippen molar-refractivity contribution in [3.63, 3.8) is 0 Å². The molecule has 202 valence electrons. The second-order valence-corrected chi connectivity index (χ2v) is 13.5. The van der Waals surface area contributed by atoms with Gasteiger partial charge >= 0.3 is 0 Å². The van der Waals surface area contributed by atoms with Crippen molar-refractivity contribution in [3.05, 3.63) is 89.0 Å². The summed E-state index contributed by atoms with van der Waals surface area (Å²) in [4.78, 5) is 12.9. The van der Waals surface area contributed by atoms with E-state index in [1.165, 1.54) is 16.4 Å². The number of aryl methyl sites for hydroxylation is 3. The fraction of sp³-hybridized carbons (Fsp3) is 0.321. The van der Waals surface area contributed by atoms with E-state index in [0.29, 0.717) is 24.2 Å². The minimum Gasteiger partial charge on any atom is -0.326 e. The Hall–Kier alpha value is -3.21. The molecule has 0 saturated carbocycles. The van der Waals surface area contributed by atoms with Gasteiger partial charge in [0.25, 0.3) is 10.0 Å². The number of sulfonamides is 2. The van der Waals surface area contributed by atoms with Gasteiger partial charge in [-0.25, -0.2) is 21.1 Å². The largest absolute Gasteiger partial charge is 0.326 e. The number of benzene rings is 3. The average Bonchev–Trinajstić information content (AvgIpc) is 2.86. The normalized spacial score (nSPS) is 15.2. The number of hydrogen-bond donors (Lipinski definition) is 2. The maximum absolute atomic E-state index is 12.9. The highest BCUT2D eigenvalue weighted by Gasteiger charge is 2.31. The molecule has 1 heterocycles. The first kappa shape index (κ1) is 27.8. The Labute approximate surface area is 225 Å². The summed E-state index contributed by atoms with van der Waals surface area (Å²) in [6.45, 7) is 6.28. The summed E-state index contributed by atoms with van der Waals surface area (Å²) >= 11 is 0. The van der Waals surface area contributed by atoms with Crippen LogP contribution in [0.2, 0.25) is 0 Å². The molecule has 0 aromatic heterocycles. The van der Waals surface area contributed by atoms with Crippen molar-refractivity contribution in [2.45, 2.75) is 44.3 Å². The zero-order valence-electron chi connectivity index (χ0n) is 21.8. The van der Waals surface area contributed by atoms with E-state index < -0.39 is 20.0 Å². The SMILES string of the molecule is Cc1cccc(CS(=O)(=O)N2CCC(C(=O)Nc3ccc(S(=O)(=O)Nc4ccc(C)cc4C)cc3)CC2)c1. The fourth-order valence-electron chi connectivity index (χ4n) is 4.59. The third-order valence-corrected chi connectivity index (χ3v) is 9.94. The van der Waals surface area contributed by atoms with Gasteiger partial charge in [0.2, 0.25) is 15.9 Å². The molecule has 4 rings (SSSR count). The number of anilines is 2. The summed E-state index contributed by atoms with van der Waals surface area (Å²) in [5, 5.41) is 2.83. The maximum atomic E-state index is 12.9. The summed E-state index contributed by atoms with van der Waals surface area (Å²) in [6.07, 6.45) is 0.844. The number of rotatable bonds is 8. The van der Waals surface area contributed by atoms with Crippen LogP contribution in [0.4, 0.5) is 11.4 Å². The van der Waals surface area contributed by atoms with Crippen molar-refractivity contribution in [2.24, 2.45) is 5.92 Å². The number of piperidine rings is 1. The number of nitrogens with one attached hydrogen (secondary N) is 2. The van der Waals surface area contributed by atoms with Gasteiger partial charge < -0.3 is 5.32 Å². The van der Waals surface area contributed by atoms with E-state index in [2.05, 4.69) is 10.0 Å². The molecule has 0 unspecified atom stereocenters. The minimum atomic E-state index is -3.78. The second-order valence-electron chi connectivity index (χ2n) is 9.86. The lowest BCUT2D eigenvalue weighted by molar-refractivity contribution is -0.120. The zero-order valence-corrected chi connectivity index (χ0v) is 23.4. The summed E-state index contributed by atoms with van der Waals surface area (Å²) in [5.41, 5.74) is 4.62. The van der Waals surface area contributed by atoms with Crippen LogP contribution in [0.3, 0.4) is 0 Å². The fourth-order valence-corrected chi connectivity index (χ4v) is 7.27. The Morgan fingerprint density at radius 1 is 0.868 bits per heavy atom. The average molecular weight is 556 g/mol. The third kappa shape index (κ3) is 6.80. The van der Waals surface area contributed by atoms with E-state index in [1.807, 2.05) is 51.1 Å². The monoisotopic (exact) mass is 555 g/mol.